The first-order valence-corrected chi connectivity index (χ1v) is 10.6. The van der Waals surface area contributed by atoms with E-state index in [1.54, 1.807) is 7.11 Å². The molecular formula is C23H34O8. The minimum Gasteiger partial charge on any atom is -0.458 e. The second-order valence-electron chi connectivity index (χ2n) is 9.21. The molecule has 2 fully saturated rings. The van der Waals surface area contributed by atoms with Gasteiger partial charge >= 0.3 is 5.97 Å². The molecule has 8 nitrogen and oxygen atoms in total. The molecule has 1 unspecified atom stereocenters. The predicted molar refractivity (Wildman–Crippen MR) is 111 cm³/mol. The van der Waals surface area contributed by atoms with E-state index < -0.39 is 48.1 Å². The van der Waals surface area contributed by atoms with Gasteiger partial charge in [-0.15, -0.1) is 0 Å². The van der Waals surface area contributed by atoms with E-state index in [4.69, 9.17) is 33.2 Å². The number of fused-ring (bicyclic) bond motifs is 1. The summed E-state index contributed by atoms with van der Waals surface area (Å²) in [7, 11) is 1.56. The third-order valence-corrected chi connectivity index (χ3v) is 4.87. The van der Waals surface area contributed by atoms with Crippen LogP contribution in [-0.2, 0) is 44.6 Å². The van der Waals surface area contributed by atoms with E-state index in [0.717, 1.165) is 5.56 Å². The standard InChI is InChI=1S/C23H34O8/c1-22(2,3)29-17(24)14-26-13-16-18-19(31-23(4,5)30-18)20(21(25-6)28-16)27-12-15-10-8-7-9-11-15/h7-11,16,18-21H,12-14H2,1-6H3/t16-,18+,19+,20-,21?/m1/s1. The average molecular weight is 439 g/mol. The van der Waals surface area contributed by atoms with Gasteiger partial charge in [0.05, 0.1) is 13.2 Å². The lowest BCUT2D eigenvalue weighted by Gasteiger charge is -2.41. The number of carbonyl (C=O) groups excluding carboxylic acids is 1. The molecule has 5 atom stereocenters. The quantitative estimate of drug-likeness (QED) is 0.573. The van der Waals surface area contributed by atoms with Crippen molar-refractivity contribution in [2.24, 2.45) is 0 Å². The summed E-state index contributed by atoms with van der Waals surface area (Å²) < 4.78 is 40.9. The Morgan fingerprint density at radius 2 is 1.77 bits per heavy atom. The van der Waals surface area contributed by atoms with Gasteiger partial charge in [-0.3, -0.25) is 0 Å². The highest BCUT2D eigenvalue weighted by Crippen LogP contribution is 2.39. The van der Waals surface area contributed by atoms with E-state index >= 15 is 0 Å². The van der Waals surface area contributed by atoms with Gasteiger partial charge in [-0.2, -0.15) is 0 Å². The van der Waals surface area contributed by atoms with Crippen LogP contribution in [0.2, 0.25) is 0 Å². The highest BCUT2D eigenvalue weighted by atomic mass is 16.8. The topological polar surface area (TPSA) is 81.7 Å². The van der Waals surface area contributed by atoms with Crippen molar-refractivity contribution in [2.45, 2.75) is 83.3 Å². The summed E-state index contributed by atoms with van der Waals surface area (Å²) >= 11 is 0. The molecule has 0 amide bonds. The Labute approximate surface area is 184 Å². The highest BCUT2D eigenvalue weighted by molar-refractivity contribution is 5.71. The molecule has 174 valence electrons. The summed E-state index contributed by atoms with van der Waals surface area (Å²) in [6, 6.07) is 9.87. The molecule has 1 aromatic rings. The fourth-order valence-corrected chi connectivity index (χ4v) is 3.73. The highest BCUT2D eigenvalue weighted by Gasteiger charge is 2.56. The van der Waals surface area contributed by atoms with Crippen molar-refractivity contribution in [1.82, 2.24) is 0 Å². The molecule has 31 heavy (non-hydrogen) atoms. The average Bonchev–Trinajstić information content (AvgIpc) is 3.01. The van der Waals surface area contributed by atoms with Crippen LogP contribution < -0.4 is 0 Å². The Bertz CT molecular complexity index is 714. The van der Waals surface area contributed by atoms with Crippen molar-refractivity contribution in [2.75, 3.05) is 20.3 Å². The second kappa shape index (κ2) is 9.94. The first-order chi connectivity index (χ1) is 14.6. The van der Waals surface area contributed by atoms with Crippen LogP contribution in [0.25, 0.3) is 0 Å². The zero-order chi connectivity index (χ0) is 22.6. The summed E-state index contributed by atoms with van der Waals surface area (Å²) in [4.78, 5) is 11.9. The van der Waals surface area contributed by atoms with E-state index in [0.29, 0.717) is 6.61 Å². The molecule has 0 saturated carbocycles. The second-order valence-corrected chi connectivity index (χ2v) is 9.21. The zero-order valence-electron chi connectivity index (χ0n) is 19.2. The molecule has 2 aliphatic rings. The molecule has 2 aliphatic heterocycles. The summed E-state index contributed by atoms with van der Waals surface area (Å²) in [6.45, 7) is 9.47. The Kier molecular flexibility index (Phi) is 7.72. The van der Waals surface area contributed by atoms with Crippen LogP contribution in [0.3, 0.4) is 0 Å². The summed E-state index contributed by atoms with van der Waals surface area (Å²) in [5, 5.41) is 0. The summed E-state index contributed by atoms with van der Waals surface area (Å²) in [5.41, 5.74) is 0.471. The minimum atomic E-state index is -0.806. The molecular weight excluding hydrogens is 404 g/mol. The van der Waals surface area contributed by atoms with Gasteiger partial charge in [0.1, 0.15) is 36.6 Å². The van der Waals surface area contributed by atoms with Crippen molar-refractivity contribution in [3.63, 3.8) is 0 Å². The fourth-order valence-electron chi connectivity index (χ4n) is 3.73. The van der Waals surface area contributed by atoms with Crippen LogP contribution in [0.1, 0.15) is 40.2 Å². The van der Waals surface area contributed by atoms with Gasteiger partial charge in [-0.25, -0.2) is 4.79 Å². The largest absolute Gasteiger partial charge is 0.458 e. The molecule has 0 radical (unpaired) electrons. The molecule has 1 aromatic carbocycles. The third-order valence-electron chi connectivity index (χ3n) is 4.87. The lowest BCUT2D eigenvalue weighted by atomic mass is 9.99. The Morgan fingerprint density at radius 1 is 1.10 bits per heavy atom. The predicted octanol–water partition coefficient (Wildman–Crippen LogP) is 2.82. The number of hydrogen-bond acceptors (Lipinski definition) is 8. The van der Waals surface area contributed by atoms with E-state index in [9.17, 15) is 4.79 Å². The van der Waals surface area contributed by atoms with Crippen molar-refractivity contribution in [1.29, 1.82) is 0 Å². The molecule has 3 rings (SSSR count). The molecule has 2 heterocycles. The van der Waals surface area contributed by atoms with Gasteiger partial charge in [0.2, 0.25) is 0 Å². The molecule has 2 saturated heterocycles. The SMILES string of the molecule is COC1O[C@H](COCC(=O)OC(C)(C)C)[C@@H]2OC(C)(C)O[C@@H]2[C@H]1OCc1ccccc1. The minimum absolute atomic E-state index is 0.130. The fraction of sp³-hybridized carbons (Fsp3) is 0.696. The van der Waals surface area contributed by atoms with Crippen molar-refractivity contribution in [3.8, 4) is 0 Å². The Hall–Kier alpha value is -1.55. The van der Waals surface area contributed by atoms with E-state index in [2.05, 4.69) is 0 Å². The lowest BCUT2D eigenvalue weighted by Crippen LogP contribution is -2.58. The van der Waals surface area contributed by atoms with Crippen LogP contribution in [0.5, 0.6) is 0 Å². The first kappa shape index (κ1) is 24.1. The number of ether oxygens (including phenoxy) is 7. The first-order valence-electron chi connectivity index (χ1n) is 10.6. The van der Waals surface area contributed by atoms with Crippen LogP contribution in [0.4, 0.5) is 0 Å². The molecule has 0 aliphatic carbocycles. The van der Waals surface area contributed by atoms with Crippen LogP contribution in [0.15, 0.2) is 30.3 Å². The van der Waals surface area contributed by atoms with Crippen molar-refractivity contribution >= 4 is 5.97 Å². The molecule has 0 N–H and O–H groups in total. The van der Waals surface area contributed by atoms with Crippen LogP contribution in [0, 0.1) is 0 Å². The monoisotopic (exact) mass is 438 g/mol. The van der Waals surface area contributed by atoms with Gasteiger partial charge in [0.15, 0.2) is 12.1 Å². The van der Waals surface area contributed by atoms with Crippen LogP contribution >= 0.6 is 0 Å². The van der Waals surface area contributed by atoms with Gasteiger partial charge < -0.3 is 33.2 Å². The van der Waals surface area contributed by atoms with Crippen molar-refractivity contribution < 1.29 is 38.0 Å². The van der Waals surface area contributed by atoms with Gasteiger partial charge in [0, 0.05) is 7.11 Å². The number of benzene rings is 1. The van der Waals surface area contributed by atoms with Gasteiger partial charge in [-0.05, 0) is 40.2 Å². The van der Waals surface area contributed by atoms with E-state index in [1.807, 2.05) is 65.0 Å². The number of hydrogen-bond donors (Lipinski definition) is 0. The molecule has 0 bridgehead atoms. The molecule has 8 heteroatoms. The maximum absolute atomic E-state index is 11.9. The normalized spacial score (nSPS) is 30.1. The zero-order valence-corrected chi connectivity index (χ0v) is 19.2. The number of carbonyl (C=O) groups is 1. The smallest absolute Gasteiger partial charge is 0.332 e. The van der Waals surface area contributed by atoms with Gasteiger partial charge in [0.25, 0.3) is 0 Å². The van der Waals surface area contributed by atoms with Crippen molar-refractivity contribution in [3.05, 3.63) is 35.9 Å². The maximum Gasteiger partial charge on any atom is 0.332 e. The Balaban J connectivity index is 1.63. The number of esters is 1. The van der Waals surface area contributed by atoms with Crippen LogP contribution in [-0.4, -0.2) is 68.4 Å². The van der Waals surface area contributed by atoms with Gasteiger partial charge in [-0.1, -0.05) is 30.3 Å². The van der Waals surface area contributed by atoms with E-state index in [-0.39, 0.29) is 13.2 Å². The number of rotatable bonds is 8. The lowest BCUT2D eigenvalue weighted by molar-refractivity contribution is -0.288. The summed E-state index contributed by atoms with van der Waals surface area (Å²) in [5.74, 6) is -1.24. The molecule has 0 spiro atoms. The number of methoxy groups -OCH3 is 1. The van der Waals surface area contributed by atoms with E-state index in [1.165, 1.54) is 0 Å². The Morgan fingerprint density at radius 3 is 2.42 bits per heavy atom. The molecule has 0 aromatic heterocycles. The summed E-state index contributed by atoms with van der Waals surface area (Å²) in [6.07, 6.45) is -2.49. The third kappa shape index (κ3) is 6.71. The maximum atomic E-state index is 11.9.